The van der Waals surface area contributed by atoms with Gasteiger partial charge in [0.25, 0.3) is 5.91 Å². The van der Waals surface area contributed by atoms with E-state index in [2.05, 4.69) is 4.57 Å². The number of aromatic nitrogens is 1. The van der Waals surface area contributed by atoms with Gasteiger partial charge in [-0.05, 0) is 68.8 Å². The van der Waals surface area contributed by atoms with Crippen LogP contribution in [-0.4, -0.2) is 65.4 Å². The fourth-order valence-electron chi connectivity index (χ4n) is 4.48. The van der Waals surface area contributed by atoms with Crippen molar-refractivity contribution in [1.82, 2.24) is 14.4 Å². The summed E-state index contributed by atoms with van der Waals surface area (Å²) in [7, 11) is 1.65. The summed E-state index contributed by atoms with van der Waals surface area (Å²) in [6.45, 7) is 7.71. The molecule has 2 amide bonds. The number of ether oxygens (including phenoxy) is 1. The van der Waals surface area contributed by atoms with Gasteiger partial charge in [-0.2, -0.15) is 0 Å². The predicted octanol–water partition coefficient (Wildman–Crippen LogP) is 5.01. The fourth-order valence-corrected chi connectivity index (χ4v) is 4.59. The molecular weight excluding hydrogens is 462 g/mol. The standard InChI is InChI=1S/C28H32ClN3O3/c1-20-24(26(33)30-14-16-31(17-15-30)27(34)28(2,3)19-29)18-25(21-10-12-23(35-4)13-11-21)32(20)22-8-6-5-7-9-22/h5-13,18H,14-17,19H2,1-4H3. The lowest BCUT2D eigenvalue weighted by atomic mass is 9.94. The second kappa shape index (κ2) is 10.2. The van der Waals surface area contributed by atoms with Gasteiger partial charge in [0.15, 0.2) is 0 Å². The average Bonchev–Trinajstić information content (AvgIpc) is 3.25. The summed E-state index contributed by atoms with van der Waals surface area (Å²) >= 11 is 6.00. The lowest BCUT2D eigenvalue weighted by Gasteiger charge is -2.38. The molecule has 6 nitrogen and oxygen atoms in total. The van der Waals surface area contributed by atoms with Crippen molar-refractivity contribution in [3.63, 3.8) is 0 Å². The lowest BCUT2D eigenvalue weighted by Crippen LogP contribution is -2.53. The molecule has 7 heteroatoms. The summed E-state index contributed by atoms with van der Waals surface area (Å²) in [4.78, 5) is 30.1. The first-order valence-electron chi connectivity index (χ1n) is 11.8. The van der Waals surface area contributed by atoms with Crippen molar-refractivity contribution in [1.29, 1.82) is 0 Å². The van der Waals surface area contributed by atoms with E-state index in [4.69, 9.17) is 16.3 Å². The summed E-state index contributed by atoms with van der Waals surface area (Å²) < 4.78 is 7.44. The first-order chi connectivity index (χ1) is 16.8. The molecular formula is C28H32ClN3O3. The fraction of sp³-hybridized carbons (Fsp3) is 0.357. The average molecular weight is 494 g/mol. The van der Waals surface area contributed by atoms with Gasteiger partial charge in [-0.3, -0.25) is 9.59 Å². The number of hydrogen-bond donors (Lipinski definition) is 0. The van der Waals surface area contributed by atoms with E-state index >= 15 is 0 Å². The van der Waals surface area contributed by atoms with E-state index in [1.54, 1.807) is 7.11 Å². The number of carbonyl (C=O) groups excluding carboxylic acids is 2. The van der Waals surface area contributed by atoms with Crippen LogP contribution in [0.3, 0.4) is 0 Å². The van der Waals surface area contributed by atoms with Crippen molar-refractivity contribution in [3.05, 3.63) is 71.9 Å². The summed E-state index contributed by atoms with van der Waals surface area (Å²) in [6.07, 6.45) is 0. The number of benzene rings is 2. The molecule has 0 saturated carbocycles. The Morgan fingerprint density at radius 3 is 2.11 bits per heavy atom. The Morgan fingerprint density at radius 1 is 0.943 bits per heavy atom. The van der Waals surface area contributed by atoms with Gasteiger partial charge in [0.05, 0.1) is 23.8 Å². The van der Waals surface area contributed by atoms with Crippen molar-refractivity contribution < 1.29 is 14.3 Å². The summed E-state index contributed by atoms with van der Waals surface area (Å²) in [5.74, 6) is 1.07. The Balaban J connectivity index is 1.63. The van der Waals surface area contributed by atoms with Gasteiger partial charge >= 0.3 is 0 Å². The monoisotopic (exact) mass is 493 g/mol. The molecule has 1 aliphatic heterocycles. The third kappa shape index (κ3) is 4.94. The molecule has 0 N–H and O–H groups in total. The molecule has 1 aromatic heterocycles. The van der Waals surface area contributed by atoms with Gasteiger partial charge in [-0.1, -0.05) is 18.2 Å². The minimum absolute atomic E-state index is 0.0179. The molecule has 2 heterocycles. The van der Waals surface area contributed by atoms with E-state index in [1.807, 2.05) is 91.2 Å². The van der Waals surface area contributed by atoms with Crippen LogP contribution in [0.15, 0.2) is 60.7 Å². The molecule has 35 heavy (non-hydrogen) atoms. The molecule has 0 spiro atoms. The van der Waals surface area contributed by atoms with Gasteiger partial charge in [-0.25, -0.2) is 0 Å². The molecule has 0 unspecified atom stereocenters. The molecule has 184 valence electrons. The maximum absolute atomic E-state index is 13.6. The van der Waals surface area contributed by atoms with Crippen LogP contribution in [0, 0.1) is 12.3 Å². The molecule has 0 aliphatic carbocycles. The Kier molecular flexibility index (Phi) is 7.22. The van der Waals surface area contributed by atoms with Crippen LogP contribution < -0.4 is 4.74 Å². The predicted molar refractivity (Wildman–Crippen MR) is 139 cm³/mol. The maximum atomic E-state index is 13.6. The molecule has 0 bridgehead atoms. The van der Waals surface area contributed by atoms with Crippen LogP contribution in [0.25, 0.3) is 16.9 Å². The zero-order valence-corrected chi connectivity index (χ0v) is 21.5. The van der Waals surface area contributed by atoms with E-state index in [1.165, 1.54) is 0 Å². The van der Waals surface area contributed by atoms with E-state index in [-0.39, 0.29) is 17.7 Å². The summed E-state index contributed by atoms with van der Waals surface area (Å²) in [5.41, 5.74) is 3.88. The molecule has 0 radical (unpaired) electrons. The van der Waals surface area contributed by atoms with Crippen LogP contribution >= 0.6 is 11.6 Å². The van der Waals surface area contributed by atoms with Crippen molar-refractivity contribution in [3.8, 4) is 22.7 Å². The minimum atomic E-state index is -0.607. The van der Waals surface area contributed by atoms with Gasteiger partial charge in [0.1, 0.15) is 5.75 Å². The third-order valence-electron chi connectivity index (χ3n) is 6.64. The van der Waals surface area contributed by atoms with Crippen LogP contribution in [-0.2, 0) is 4.79 Å². The zero-order valence-electron chi connectivity index (χ0n) is 20.8. The number of hydrogen-bond acceptors (Lipinski definition) is 3. The number of alkyl halides is 1. The van der Waals surface area contributed by atoms with E-state index in [0.29, 0.717) is 31.7 Å². The second-order valence-corrected chi connectivity index (χ2v) is 9.80. The highest BCUT2D eigenvalue weighted by atomic mass is 35.5. The minimum Gasteiger partial charge on any atom is -0.497 e. The third-order valence-corrected chi connectivity index (χ3v) is 7.31. The Hall–Kier alpha value is -3.25. The number of carbonyl (C=O) groups is 2. The van der Waals surface area contributed by atoms with Crippen molar-refractivity contribution in [2.75, 3.05) is 39.2 Å². The highest BCUT2D eigenvalue weighted by Crippen LogP contribution is 2.31. The smallest absolute Gasteiger partial charge is 0.255 e. The Bertz CT molecular complexity index is 1190. The van der Waals surface area contributed by atoms with Crippen LogP contribution in [0.2, 0.25) is 0 Å². The summed E-state index contributed by atoms with van der Waals surface area (Å²) in [6, 6.07) is 19.9. The summed E-state index contributed by atoms with van der Waals surface area (Å²) in [5, 5.41) is 0. The van der Waals surface area contributed by atoms with Crippen LogP contribution in [0.1, 0.15) is 29.9 Å². The van der Waals surface area contributed by atoms with Gasteiger partial charge in [0, 0.05) is 43.4 Å². The van der Waals surface area contributed by atoms with Crippen LogP contribution in [0.5, 0.6) is 5.75 Å². The quantitative estimate of drug-likeness (QED) is 0.453. The SMILES string of the molecule is COc1ccc(-c2cc(C(=O)N3CCN(C(=O)C(C)(C)CCl)CC3)c(C)n2-c2ccccc2)cc1. The lowest BCUT2D eigenvalue weighted by molar-refractivity contribution is -0.140. The first-order valence-corrected chi connectivity index (χ1v) is 12.4. The van der Waals surface area contributed by atoms with E-state index < -0.39 is 5.41 Å². The molecule has 2 aromatic carbocycles. The van der Waals surface area contributed by atoms with Gasteiger partial charge in [0.2, 0.25) is 5.91 Å². The first kappa shape index (κ1) is 24.9. The molecule has 1 saturated heterocycles. The number of rotatable bonds is 6. The maximum Gasteiger partial charge on any atom is 0.255 e. The van der Waals surface area contributed by atoms with E-state index in [9.17, 15) is 9.59 Å². The Morgan fingerprint density at radius 2 is 1.54 bits per heavy atom. The zero-order chi connectivity index (χ0) is 25.2. The number of piperazine rings is 1. The molecule has 1 aliphatic rings. The van der Waals surface area contributed by atoms with Crippen molar-refractivity contribution in [2.24, 2.45) is 5.41 Å². The number of methoxy groups -OCH3 is 1. The van der Waals surface area contributed by atoms with Crippen molar-refractivity contribution >= 4 is 23.4 Å². The number of halogens is 1. The number of amides is 2. The topological polar surface area (TPSA) is 54.8 Å². The molecule has 3 aromatic rings. The molecule has 0 atom stereocenters. The highest BCUT2D eigenvalue weighted by molar-refractivity contribution is 6.19. The van der Waals surface area contributed by atoms with Gasteiger partial charge in [-0.15, -0.1) is 11.6 Å². The normalized spacial score (nSPS) is 14.2. The molecule has 1 fully saturated rings. The number of para-hydroxylation sites is 1. The molecule has 4 rings (SSSR count). The van der Waals surface area contributed by atoms with Crippen molar-refractivity contribution in [2.45, 2.75) is 20.8 Å². The number of nitrogens with zero attached hydrogens (tertiary/aromatic N) is 3. The van der Waals surface area contributed by atoms with E-state index in [0.717, 1.165) is 28.4 Å². The van der Waals surface area contributed by atoms with Crippen LogP contribution in [0.4, 0.5) is 0 Å². The largest absolute Gasteiger partial charge is 0.497 e. The van der Waals surface area contributed by atoms with Gasteiger partial charge < -0.3 is 19.1 Å². The second-order valence-electron chi connectivity index (χ2n) is 9.53. The highest BCUT2D eigenvalue weighted by Gasteiger charge is 2.34. The Labute approximate surface area is 212 Å².